The summed E-state index contributed by atoms with van der Waals surface area (Å²) in [5.74, 6) is 1.71. The summed E-state index contributed by atoms with van der Waals surface area (Å²) in [5, 5.41) is 9.25. The van der Waals surface area contributed by atoms with Gasteiger partial charge in [-0.1, -0.05) is 24.8 Å². The molecule has 0 unspecified atom stereocenters. The third kappa shape index (κ3) is 5.00. The zero-order valence-corrected chi connectivity index (χ0v) is 18.2. The van der Waals surface area contributed by atoms with E-state index < -0.39 is 0 Å². The van der Waals surface area contributed by atoms with Crippen molar-refractivity contribution in [3.05, 3.63) is 36.9 Å². The number of nitrogens with zero attached hydrogens (tertiary/aromatic N) is 5. The predicted molar refractivity (Wildman–Crippen MR) is 116 cm³/mol. The van der Waals surface area contributed by atoms with Crippen LogP contribution in [0, 0.1) is 0 Å². The maximum absolute atomic E-state index is 12.9. The number of amides is 1. The normalized spacial score (nSPS) is 15.9. The van der Waals surface area contributed by atoms with Crippen molar-refractivity contribution < 1.29 is 9.53 Å². The number of hydrogen-bond acceptors (Lipinski definition) is 6. The van der Waals surface area contributed by atoms with E-state index in [0.717, 1.165) is 55.0 Å². The van der Waals surface area contributed by atoms with Crippen LogP contribution in [0.4, 0.5) is 0 Å². The van der Waals surface area contributed by atoms with Gasteiger partial charge in [0.1, 0.15) is 5.75 Å². The molecule has 1 amide bonds. The van der Waals surface area contributed by atoms with Gasteiger partial charge in [0, 0.05) is 38.3 Å². The van der Waals surface area contributed by atoms with E-state index in [2.05, 4.69) is 28.6 Å². The average Bonchev–Trinajstić information content (AvgIpc) is 3.15. The molecule has 0 saturated carbocycles. The van der Waals surface area contributed by atoms with Crippen molar-refractivity contribution in [1.82, 2.24) is 24.6 Å². The minimum absolute atomic E-state index is 0.157. The van der Waals surface area contributed by atoms with E-state index in [4.69, 9.17) is 4.74 Å². The molecule has 1 saturated heterocycles. The Hall–Kier alpha value is -2.32. The number of ether oxygens (including phenoxy) is 1. The van der Waals surface area contributed by atoms with Crippen molar-refractivity contribution in [1.29, 1.82) is 0 Å². The summed E-state index contributed by atoms with van der Waals surface area (Å²) < 4.78 is 7.23. The van der Waals surface area contributed by atoms with Crippen LogP contribution in [0.1, 0.15) is 13.8 Å². The van der Waals surface area contributed by atoms with Gasteiger partial charge in [-0.05, 0) is 37.7 Å². The Labute approximate surface area is 176 Å². The zero-order chi connectivity index (χ0) is 20.8. The molecule has 1 aromatic heterocycles. The predicted octanol–water partition coefficient (Wildman–Crippen LogP) is 2.78. The summed E-state index contributed by atoms with van der Waals surface area (Å²) in [6.07, 6.45) is 1.82. The smallest absolute Gasteiger partial charge is 0.235 e. The van der Waals surface area contributed by atoms with Gasteiger partial charge in [0.2, 0.25) is 5.91 Å². The number of thioether (sulfide) groups is 1. The fraction of sp³-hybridized carbons (Fsp3) is 0.476. The highest BCUT2D eigenvalue weighted by Crippen LogP contribution is 2.28. The fourth-order valence-electron chi connectivity index (χ4n) is 3.37. The zero-order valence-electron chi connectivity index (χ0n) is 17.4. The summed E-state index contributed by atoms with van der Waals surface area (Å²) in [5.41, 5.74) is 0.946. The molecule has 1 aromatic carbocycles. The summed E-state index contributed by atoms with van der Waals surface area (Å²) in [6, 6.07) is 7.71. The van der Waals surface area contributed by atoms with E-state index >= 15 is 0 Å². The number of piperazine rings is 1. The van der Waals surface area contributed by atoms with Gasteiger partial charge in [0.05, 0.1) is 12.4 Å². The van der Waals surface area contributed by atoms with E-state index in [-0.39, 0.29) is 11.2 Å². The lowest BCUT2D eigenvalue weighted by atomic mass is 10.2. The van der Waals surface area contributed by atoms with Gasteiger partial charge in [-0.15, -0.1) is 16.8 Å². The molecular weight excluding hydrogens is 386 g/mol. The van der Waals surface area contributed by atoms with E-state index in [1.54, 1.807) is 7.11 Å². The van der Waals surface area contributed by atoms with Crippen molar-refractivity contribution >= 4 is 17.7 Å². The number of aromatic nitrogens is 3. The molecule has 29 heavy (non-hydrogen) atoms. The number of allylic oxidation sites excluding steroid dienone is 1. The number of carbonyl (C=O) groups is 1. The maximum Gasteiger partial charge on any atom is 0.235 e. The van der Waals surface area contributed by atoms with Gasteiger partial charge in [-0.2, -0.15) is 0 Å². The molecule has 2 heterocycles. The molecule has 2 aromatic rings. The lowest BCUT2D eigenvalue weighted by molar-refractivity contribution is -0.132. The number of rotatable bonds is 8. The molecule has 1 atom stereocenters. The molecule has 1 fully saturated rings. The third-order valence-corrected chi connectivity index (χ3v) is 6.21. The van der Waals surface area contributed by atoms with Crippen LogP contribution in [0.5, 0.6) is 5.75 Å². The van der Waals surface area contributed by atoms with Crippen molar-refractivity contribution in [2.24, 2.45) is 0 Å². The largest absolute Gasteiger partial charge is 0.497 e. The molecule has 3 rings (SSSR count). The van der Waals surface area contributed by atoms with Gasteiger partial charge in [-0.3, -0.25) is 9.36 Å². The first-order valence-corrected chi connectivity index (χ1v) is 10.8. The molecule has 1 aliphatic rings. The molecule has 0 N–H and O–H groups in total. The molecular formula is C21H29N5O2S. The first kappa shape index (κ1) is 21.4. The van der Waals surface area contributed by atoms with Gasteiger partial charge >= 0.3 is 0 Å². The van der Waals surface area contributed by atoms with Crippen molar-refractivity contribution in [3.63, 3.8) is 0 Å². The van der Waals surface area contributed by atoms with Crippen LogP contribution >= 0.6 is 11.8 Å². The minimum atomic E-state index is -0.223. The first-order valence-electron chi connectivity index (χ1n) is 9.93. The second-order valence-corrected chi connectivity index (χ2v) is 8.26. The fourth-order valence-corrected chi connectivity index (χ4v) is 4.32. The minimum Gasteiger partial charge on any atom is -0.497 e. The van der Waals surface area contributed by atoms with E-state index in [9.17, 15) is 4.79 Å². The van der Waals surface area contributed by atoms with Crippen LogP contribution < -0.4 is 4.74 Å². The summed E-state index contributed by atoms with van der Waals surface area (Å²) in [6.45, 7) is 13.0. The second-order valence-electron chi connectivity index (χ2n) is 6.95. The Kier molecular flexibility index (Phi) is 7.33. The Morgan fingerprint density at radius 3 is 2.52 bits per heavy atom. The first-order chi connectivity index (χ1) is 14.1. The van der Waals surface area contributed by atoms with Crippen LogP contribution in [0.3, 0.4) is 0 Å². The second kappa shape index (κ2) is 9.93. The molecule has 1 aliphatic heterocycles. The molecule has 0 bridgehead atoms. The van der Waals surface area contributed by atoms with Crippen molar-refractivity contribution in [3.8, 4) is 17.1 Å². The Bertz CT molecular complexity index is 828. The van der Waals surface area contributed by atoms with Crippen LogP contribution in [0.2, 0.25) is 0 Å². The van der Waals surface area contributed by atoms with Crippen LogP contribution in [0.15, 0.2) is 42.1 Å². The summed E-state index contributed by atoms with van der Waals surface area (Å²) in [7, 11) is 1.64. The quantitative estimate of drug-likeness (QED) is 0.488. The van der Waals surface area contributed by atoms with Crippen LogP contribution in [0.25, 0.3) is 11.4 Å². The molecule has 0 radical (unpaired) electrons. The number of hydrogen-bond donors (Lipinski definition) is 0. The van der Waals surface area contributed by atoms with Gasteiger partial charge < -0.3 is 14.5 Å². The summed E-state index contributed by atoms with van der Waals surface area (Å²) in [4.78, 5) is 17.2. The van der Waals surface area contributed by atoms with E-state index in [1.165, 1.54) is 11.8 Å². The molecule has 156 valence electrons. The average molecular weight is 416 g/mol. The van der Waals surface area contributed by atoms with Crippen molar-refractivity contribution in [2.75, 3.05) is 39.8 Å². The number of carbonyl (C=O) groups excluding carboxylic acids is 1. The highest BCUT2D eigenvalue weighted by atomic mass is 32.2. The Morgan fingerprint density at radius 2 is 1.93 bits per heavy atom. The third-order valence-electron chi connectivity index (χ3n) is 5.14. The van der Waals surface area contributed by atoms with Crippen LogP contribution in [-0.4, -0.2) is 75.6 Å². The van der Waals surface area contributed by atoms with Crippen LogP contribution in [-0.2, 0) is 11.3 Å². The Morgan fingerprint density at radius 1 is 1.24 bits per heavy atom. The maximum atomic E-state index is 12.9. The number of likely N-dealkylation sites (N-methyl/N-ethyl adjacent to an activating group) is 1. The molecule has 8 heteroatoms. The Balaban J connectivity index is 1.73. The van der Waals surface area contributed by atoms with E-state index in [0.29, 0.717) is 6.54 Å². The lowest BCUT2D eigenvalue weighted by Crippen LogP contribution is -2.50. The number of benzene rings is 1. The van der Waals surface area contributed by atoms with E-state index in [1.807, 2.05) is 46.7 Å². The SMILES string of the molecule is C=CCn1c(S[C@@H](C)C(=O)N2CCN(CC)CC2)nnc1-c1ccc(OC)cc1. The van der Waals surface area contributed by atoms with Gasteiger partial charge in [0.25, 0.3) is 0 Å². The van der Waals surface area contributed by atoms with Gasteiger partial charge in [0.15, 0.2) is 11.0 Å². The molecule has 7 nitrogen and oxygen atoms in total. The lowest BCUT2D eigenvalue weighted by Gasteiger charge is -2.35. The van der Waals surface area contributed by atoms with Gasteiger partial charge in [-0.25, -0.2) is 0 Å². The monoisotopic (exact) mass is 415 g/mol. The highest BCUT2D eigenvalue weighted by molar-refractivity contribution is 8.00. The summed E-state index contributed by atoms with van der Waals surface area (Å²) >= 11 is 1.45. The standard InChI is InChI=1S/C21H29N5O2S/c1-5-11-26-19(17-7-9-18(28-4)10-8-17)22-23-21(26)29-16(3)20(27)25-14-12-24(6-2)13-15-25/h5,7-10,16H,1,6,11-15H2,2-4H3/t16-/m0/s1. The topological polar surface area (TPSA) is 63.5 Å². The molecule has 0 spiro atoms. The molecule has 0 aliphatic carbocycles. The van der Waals surface area contributed by atoms with Crippen molar-refractivity contribution in [2.45, 2.75) is 30.8 Å². The highest BCUT2D eigenvalue weighted by Gasteiger charge is 2.27. The number of methoxy groups -OCH3 is 1.